The zero-order valence-electron chi connectivity index (χ0n) is 12.2. The molecule has 1 aromatic heterocycles. The van der Waals surface area contributed by atoms with Gasteiger partial charge in [0.25, 0.3) is 0 Å². The van der Waals surface area contributed by atoms with Gasteiger partial charge in [0.15, 0.2) is 5.96 Å². The van der Waals surface area contributed by atoms with Gasteiger partial charge in [0.05, 0.1) is 12.8 Å². The minimum atomic E-state index is -1.05. The molecular formula is C14H24IN3O2. The maximum atomic E-state index is 10.3. The Morgan fingerprint density at radius 2 is 2.25 bits per heavy atom. The smallest absolute Gasteiger partial charge is 0.191 e. The fourth-order valence-corrected chi connectivity index (χ4v) is 2.06. The summed E-state index contributed by atoms with van der Waals surface area (Å²) in [7, 11) is 1.73. The van der Waals surface area contributed by atoms with E-state index < -0.39 is 5.60 Å². The van der Waals surface area contributed by atoms with Crippen LogP contribution in [0.4, 0.5) is 0 Å². The molecule has 1 saturated carbocycles. The lowest BCUT2D eigenvalue weighted by Crippen LogP contribution is -2.45. The van der Waals surface area contributed by atoms with E-state index in [0.717, 1.165) is 18.4 Å². The highest BCUT2D eigenvalue weighted by molar-refractivity contribution is 14.0. The second-order valence-corrected chi connectivity index (χ2v) is 5.53. The van der Waals surface area contributed by atoms with Gasteiger partial charge >= 0.3 is 0 Å². The number of hydrogen-bond donors (Lipinski definition) is 3. The molecule has 3 atom stereocenters. The van der Waals surface area contributed by atoms with E-state index in [1.54, 1.807) is 32.4 Å². The Kier molecular flexibility index (Phi) is 6.32. The van der Waals surface area contributed by atoms with Gasteiger partial charge in [-0.2, -0.15) is 0 Å². The van der Waals surface area contributed by atoms with Crippen LogP contribution in [-0.2, 0) is 5.60 Å². The van der Waals surface area contributed by atoms with Gasteiger partial charge < -0.3 is 20.2 Å². The number of nitrogens with one attached hydrogen (secondary N) is 2. The highest BCUT2D eigenvalue weighted by Gasteiger charge is 2.32. The Morgan fingerprint density at radius 1 is 1.55 bits per heavy atom. The molecule has 0 amide bonds. The van der Waals surface area contributed by atoms with E-state index >= 15 is 0 Å². The molecule has 1 heterocycles. The van der Waals surface area contributed by atoms with Crippen LogP contribution in [0, 0.1) is 11.8 Å². The van der Waals surface area contributed by atoms with Crippen LogP contribution in [-0.4, -0.2) is 31.2 Å². The van der Waals surface area contributed by atoms with Crippen molar-refractivity contribution in [1.82, 2.24) is 10.6 Å². The molecule has 0 bridgehead atoms. The molecule has 0 aliphatic heterocycles. The third-order valence-electron chi connectivity index (χ3n) is 3.68. The van der Waals surface area contributed by atoms with Crippen LogP contribution in [0.1, 0.15) is 26.0 Å². The van der Waals surface area contributed by atoms with Crippen molar-refractivity contribution in [3.8, 4) is 0 Å². The molecule has 5 nitrogen and oxygen atoms in total. The first-order valence-electron chi connectivity index (χ1n) is 6.74. The molecule has 0 aromatic carbocycles. The number of rotatable bonds is 5. The standard InChI is InChI=1S/C14H23N3O2.HI/c1-10-7-11(10)8-16-13(15-3)17-9-14(2,18)12-5-4-6-19-12;/h4-6,10-11,18H,7-9H2,1-3H3,(H2,15,16,17);1H. The number of guanidine groups is 1. The molecule has 2 rings (SSSR count). The highest BCUT2D eigenvalue weighted by atomic mass is 127. The molecule has 1 aliphatic rings. The monoisotopic (exact) mass is 393 g/mol. The third-order valence-corrected chi connectivity index (χ3v) is 3.68. The molecule has 0 spiro atoms. The summed E-state index contributed by atoms with van der Waals surface area (Å²) in [5.74, 6) is 2.83. The summed E-state index contributed by atoms with van der Waals surface area (Å²) in [4.78, 5) is 4.15. The second-order valence-electron chi connectivity index (χ2n) is 5.53. The molecule has 6 heteroatoms. The van der Waals surface area contributed by atoms with Crippen molar-refractivity contribution in [2.24, 2.45) is 16.8 Å². The van der Waals surface area contributed by atoms with Gasteiger partial charge in [-0.25, -0.2) is 0 Å². The van der Waals surface area contributed by atoms with E-state index in [1.807, 2.05) is 0 Å². The molecule has 20 heavy (non-hydrogen) atoms. The lowest BCUT2D eigenvalue weighted by atomic mass is 10.0. The van der Waals surface area contributed by atoms with Gasteiger partial charge in [0.1, 0.15) is 11.4 Å². The van der Waals surface area contributed by atoms with E-state index in [2.05, 4.69) is 22.5 Å². The Bertz CT molecular complexity index is 432. The van der Waals surface area contributed by atoms with E-state index in [0.29, 0.717) is 18.3 Å². The quantitative estimate of drug-likeness (QED) is 0.406. The normalized spacial score (nSPS) is 24.5. The van der Waals surface area contributed by atoms with Gasteiger partial charge in [-0.3, -0.25) is 4.99 Å². The fraction of sp³-hybridized carbons (Fsp3) is 0.643. The molecule has 1 aromatic rings. The van der Waals surface area contributed by atoms with Crippen LogP contribution >= 0.6 is 24.0 Å². The summed E-state index contributed by atoms with van der Waals surface area (Å²) < 4.78 is 5.24. The first-order chi connectivity index (χ1) is 9.03. The zero-order chi connectivity index (χ0) is 13.9. The van der Waals surface area contributed by atoms with Crippen LogP contribution in [0.15, 0.2) is 27.8 Å². The van der Waals surface area contributed by atoms with Crippen molar-refractivity contribution in [1.29, 1.82) is 0 Å². The van der Waals surface area contributed by atoms with Gasteiger partial charge in [0.2, 0.25) is 0 Å². The third kappa shape index (κ3) is 4.66. The first-order valence-corrected chi connectivity index (χ1v) is 6.74. The Labute approximate surface area is 137 Å². The number of nitrogens with zero attached hydrogens (tertiary/aromatic N) is 1. The van der Waals surface area contributed by atoms with Crippen molar-refractivity contribution >= 4 is 29.9 Å². The van der Waals surface area contributed by atoms with Crippen molar-refractivity contribution < 1.29 is 9.52 Å². The van der Waals surface area contributed by atoms with Crippen molar-refractivity contribution in [2.45, 2.75) is 25.9 Å². The number of hydrogen-bond acceptors (Lipinski definition) is 3. The van der Waals surface area contributed by atoms with Gasteiger partial charge in [-0.15, -0.1) is 24.0 Å². The Hall–Kier alpha value is -0.760. The van der Waals surface area contributed by atoms with Crippen molar-refractivity contribution in [3.63, 3.8) is 0 Å². The molecule has 0 saturated heterocycles. The maximum Gasteiger partial charge on any atom is 0.191 e. The lowest BCUT2D eigenvalue weighted by Gasteiger charge is -2.22. The molecule has 1 aliphatic carbocycles. The average Bonchev–Trinajstić information content (AvgIpc) is 2.86. The maximum absolute atomic E-state index is 10.3. The summed E-state index contributed by atoms with van der Waals surface area (Å²) in [6.07, 6.45) is 2.85. The van der Waals surface area contributed by atoms with Crippen LogP contribution < -0.4 is 10.6 Å². The summed E-state index contributed by atoms with van der Waals surface area (Å²) in [6.45, 7) is 5.25. The summed E-state index contributed by atoms with van der Waals surface area (Å²) in [5.41, 5.74) is -1.05. The molecular weight excluding hydrogens is 369 g/mol. The molecule has 1 fully saturated rings. The summed E-state index contributed by atoms with van der Waals surface area (Å²) in [5, 5.41) is 16.7. The number of halogens is 1. The van der Waals surface area contributed by atoms with Crippen LogP contribution in [0.3, 0.4) is 0 Å². The molecule has 0 radical (unpaired) electrons. The predicted octanol–water partition coefficient (Wildman–Crippen LogP) is 1.93. The number of furan rings is 1. The minimum Gasteiger partial charge on any atom is -0.466 e. The Morgan fingerprint density at radius 3 is 2.75 bits per heavy atom. The molecule has 3 N–H and O–H groups in total. The highest BCUT2D eigenvalue weighted by Crippen LogP contribution is 2.36. The van der Waals surface area contributed by atoms with E-state index in [4.69, 9.17) is 4.42 Å². The fourth-order valence-electron chi connectivity index (χ4n) is 2.06. The summed E-state index contributed by atoms with van der Waals surface area (Å²) >= 11 is 0. The van der Waals surface area contributed by atoms with Gasteiger partial charge in [0, 0.05) is 13.6 Å². The van der Waals surface area contributed by atoms with Crippen LogP contribution in [0.25, 0.3) is 0 Å². The lowest BCUT2D eigenvalue weighted by molar-refractivity contribution is 0.0386. The average molecular weight is 393 g/mol. The zero-order valence-corrected chi connectivity index (χ0v) is 14.5. The van der Waals surface area contributed by atoms with E-state index in [1.165, 1.54) is 6.42 Å². The first kappa shape index (κ1) is 17.3. The number of aliphatic imine (C=N–C) groups is 1. The van der Waals surface area contributed by atoms with Gasteiger partial charge in [-0.05, 0) is 37.3 Å². The number of aliphatic hydroxyl groups is 1. The van der Waals surface area contributed by atoms with E-state index in [-0.39, 0.29) is 24.0 Å². The Balaban J connectivity index is 0.00000200. The van der Waals surface area contributed by atoms with Crippen LogP contribution in [0.2, 0.25) is 0 Å². The second kappa shape index (κ2) is 7.31. The van der Waals surface area contributed by atoms with Gasteiger partial charge in [-0.1, -0.05) is 6.92 Å². The minimum absolute atomic E-state index is 0. The SMILES string of the molecule is CN=C(NCC1CC1C)NCC(C)(O)c1ccco1.I. The predicted molar refractivity (Wildman–Crippen MR) is 90.3 cm³/mol. The topological polar surface area (TPSA) is 69.8 Å². The van der Waals surface area contributed by atoms with Crippen LogP contribution in [0.5, 0.6) is 0 Å². The van der Waals surface area contributed by atoms with Crippen molar-refractivity contribution in [2.75, 3.05) is 20.1 Å². The molecule has 114 valence electrons. The largest absolute Gasteiger partial charge is 0.466 e. The van der Waals surface area contributed by atoms with Crippen molar-refractivity contribution in [3.05, 3.63) is 24.2 Å². The summed E-state index contributed by atoms with van der Waals surface area (Å²) in [6, 6.07) is 3.54. The van der Waals surface area contributed by atoms with E-state index in [9.17, 15) is 5.11 Å². The molecule has 3 unspecified atom stereocenters.